The highest BCUT2D eigenvalue weighted by molar-refractivity contribution is 8.67. The zero-order valence-electron chi connectivity index (χ0n) is 5.79. The first-order valence-corrected chi connectivity index (χ1v) is 5.44. The van der Waals surface area contributed by atoms with Crippen molar-refractivity contribution in [2.45, 2.75) is 37.8 Å². The first-order valence-electron chi connectivity index (χ1n) is 3.57. The molecule has 0 spiro atoms. The van der Waals surface area contributed by atoms with Crippen LogP contribution in [-0.2, 0) is 0 Å². The van der Waals surface area contributed by atoms with Crippen LogP contribution in [0, 0.1) is 0 Å². The maximum Gasteiger partial charge on any atom is 0.0541 e. The number of nitrogens with one attached hydrogen (secondary N) is 1. The quantitative estimate of drug-likeness (QED) is 0.340. The Bertz CT molecular complexity index is 93.7. The fraction of sp³-hybridized carbons (Fsp3) is 1.00. The minimum absolute atomic E-state index is 0.0528. The van der Waals surface area contributed by atoms with E-state index in [0.29, 0.717) is 6.04 Å². The van der Waals surface area contributed by atoms with Gasteiger partial charge in [-0.05, 0) is 36.7 Å². The van der Waals surface area contributed by atoms with Crippen molar-refractivity contribution in [1.29, 1.82) is 0 Å². The molecule has 1 aliphatic rings. The molecular formula is C6H13NOS2. The second-order valence-electron chi connectivity index (χ2n) is 2.71. The molecule has 0 amide bonds. The zero-order chi connectivity index (χ0) is 7.40. The molecule has 1 rings (SSSR count). The van der Waals surface area contributed by atoms with E-state index in [-0.39, 0.29) is 6.10 Å². The van der Waals surface area contributed by atoms with Crippen LogP contribution in [0.15, 0.2) is 0 Å². The van der Waals surface area contributed by atoms with Crippen molar-refractivity contribution < 1.29 is 5.11 Å². The molecule has 1 saturated carbocycles. The Morgan fingerprint density at radius 1 is 1.30 bits per heavy atom. The summed E-state index contributed by atoms with van der Waals surface area (Å²) in [6, 6.07) is 0.561. The fourth-order valence-corrected chi connectivity index (χ4v) is 2.10. The topological polar surface area (TPSA) is 32.3 Å². The molecule has 0 bridgehead atoms. The van der Waals surface area contributed by atoms with Crippen LogP contribution in [0.3, 0.4) is 0 Å². The van der Waals surface area contributed by atoms with Crippen molar-refractivity contribution in [3.05, 3.63) is 0 Å². The lowest BCUT2D eigenvalue weighted by molar-refractivity contribution is 0.121. The minimum Gasteiger partial charge on any atom is -0.393 e. The third kappa shape index (κ3) is 2.70. The van der Waals surface area contributed by atoms with Crippen LogP contribution in [0.1, 0.15) is 25.7 Å². The summed E-state index contributed by atoms with van der Waals surface area (Å²) in [6.45, 7) is 0. The molecule has 0 unspecified atom stereocenters. The Labute approximate surface area is 70.7 Å². The molecule has 0 aromatic carbocycles. The Hall–Kier alpha value is 0.620. The second-order valence-corrected chi connectivity index (χ2v) is 3.68. The van der Waals surface area contributed by atoms with E-state index < -0.39 is 0 Å². The minimum atomic E-state index is -0.0528. The van der Waals surface area contributed by atoms with Crippen LogP contribution in [-0.4, -0.2) is 17.3 Å². The van der Waals surface area contributed by atoms with Crippen LogP contribution < -0.4 is 4.72 Å². The van der Waals surface area contributed by atoms with Crippen LogP contribution in [0.4, 0.5) is 0 Å². The van der Waals surface area contributed by atoms with Crippen molar-refractivity contribution in [3.8, 4) is 0 Å². The number of thiol groups is 1. The Morgan fingerprint density at radius 2 is 1.90 bits per heavy atom. The number of aliphatic hydroxyl groups excluding tert-OH is 1. The van der Waals surface area contributed by atoms with Crippen LogP contribution >= 0.6 is 22.6 Å². The maximum absolute atomic E-state index is 9.14. The van der Waals surface area contributed by atoms with E-state index in [2.05, 4.69) is 16.4 Å². The zero-order valence-corrected chi connectivity index (χ0v) is 7.50. The molecular weight excluding hydrogens is 166 g/mol. The first kappa shape index (κ1) is 8.71. The van der Waals surface area contributed by atoms with Gasteiger partial charge in [-0.1, -0.05) is 11.7 Å². The van der Waals surface area contributed by atoms with Crippen molar-refractivity contribution >= 4 is 22.6 Å². The largest absolute Gasteiger partial charge is 0.393 e. The van der Waals surface area contributed by atoms with E-state index in [9.17, 15) is 0 Å². The van der Waals surface area contributed by atoms with Crippen molar-refractivity contribution in [1.82, 2.24) is 4.72 Å². The van der Waals surface area contributed by atoms with Gasteiger partial charge in [-0.25, -0.2) is 0 Å². The molecule has 1 aliphatic carbocycles. The summed E-state index contributed by atoms with van der Waals surface area (Å²) >= 11 is 4.00. The van der Waals surface area contributed by atoms with Crippen LogP contribution in [0.2, 0.25) is 0 Å². The summed E-state index contributed by atoms with van der Waals surface area (Å²) in [5.41, 5.74) is 0. The summed E-state index contributed by atoms with van der Waals surface area (Å²) in [6.07, 6.45) is 3.98. The Kier molecular flexibility index (Phi) is 3.91. The van der Waals surface area contributed by atoms with Crippen molar-refractivity contribution in [3.63, 3.8) is 0 Å². The van der Waals surface area contributed by atoms with Crippen molar-refractivity contribution in [2.24, 2.45) is 0 Å². The average Bonchev–Trinajstić information content (AvgIpc) is 1.95. The van der Waals surface area contributed by atoms with Crippen LogP contribution in [0.25, 0.3) is 0 Å². The van der Waals surface area contributed by atoms with Gasteiger partial charge in [-0.2, -0.15) is 0 Å². The molecule has 0 aromatic heterocycles. The molecule has 0 heterocycles. The van der Waals surface area contributed by atoms with Gasteiger partial charge in [-0.15, -0.1) is 0 Å². The van der Waals surface area contributed by atoms with E-state index in [1.807, 2.05) is 0 Å². The van der Waals surface area contributed by atoms with E-state index in [4.69, 9.17) is 5.11 Å². The predicted molar refractivity (Wildman–Crippen MR) is 48.0 cm³/mol. The average molecular weight is 179 g/mol. The summed E-state index contributed by atoms with van der Waals surface area (Å²) in [4.78, 5) is 0. The van der Waals surface area contributed by atoms with Gasteiger partial charge in [0.2, 0.25) is 0 Å². The van der Waals surface area contributed by atoms with E-state index in [0.717, 1.165) is 25.7 Å². The molecule has 2 nitrogen and oxygen atoms in total. The van der Waals surface area contributed by atoms with E-state index in [1.165, 1.54) is 11.0 Å². The predicted octanol–water partition coefficient (Wildman–Crippen LogP) is 1.37. The molecule has 0 aromatic rings. The standard InChI is InChI=1S/C6H13NOS2/c8-6-3-1-5(2-4-6)7-10-9/h5-9H,1-4H2/t5-,6+. The van der Waals surface area contributed by atoms with Crippen molar-refractivity contribution in [2.75, 3.05) is 0 Å². The van der Waals surface area contributed by atoms with Gasteiger partial charge in [0.25, 0.3) is 0 Å². The summed E-state index contributed by atoms with van der Waals surface area (Å²) < 4.78 is 3.17. The fourth-order valence-electron chi connectivity index (χ4n) is 1.27. The number of rotatable bonds is 2. The Morgan fingerprint density at radius 3 is 2.40 bits per heavy atom. The molecule has 0 radical (unpaired) electrons. The summed E-state index contributed by atoms with van der Waals surface area (Å²) in [7, 11) is 1.37. The molecule has 4 heteroatoms. The molecule has 60 valence electrons. The lowest BCUT2D eigenvalue weighted by atomic mass is 9.94. The molecule has 0 saturated heterocycles. The molecule has 0 aliphatic heterocycles. The summed E-state index contributed by atoms with van der Waals surface area (Å²) in [5.74, 6) is 0. The molecule has 2 N–H and O–H groups in total. The number of hydrogen-bond donors (Lipinski definition) is 3. The van der Waals surface area contributed by atoms with Gasteiger partial charge < -0.3 is 5.11 Å². The maximum atomic E-state index is 9.14. The monoisotopic (exact) mass is 179 g/mol. The lowest BCUT2D eigenvalue weighted by Gasteiger charge is -2.24. The SMILES string of the molecule is O[C@H]1CC[C@@H](NSS)CC1. The van der Waals surface area contributed by atoms with E-state index in [1.54, 1.807) is 0 Å². The third-order valence-electron chi connectivity index (χ3n) is 1.92. The molecule has 1 fully saturated rings. The van der Waals surface area contributed by atoms with Gasteiger partial charge in [0.05, 0.1) is 6.10 Å². The molecule has 10 heavy (non-hydrogen) atoms. The third-order valence-corrected chi connectivity index (χ3v) is 2.67. The highest BCUT2D eigenvalue weighted by atomic mass is 33.1. The smallest absolute Gasteiger partial charge is 0.0541 e. The lowest BCUT2D eigenvalue weighted by Crippen LogP contribution is -2.29. The van der Waals surface area contributed by atoms with Gasteiger partial charge in [0, 0.05) is 6.04 Å². The van der Waals surface area contributed by atoms with Gasteiger partial charge >= 0.3 is 0 Å². The van der Waals surface area contributed by atoms with Gasteiger partial charge in [-0.3, -0.25) is 4.72 Å². The second kappa shape index (κ2) is 4.49. The highest BCUT2D eigenvalue weighted by Crippen LogP contribution is 2.20. The Balaban J connectivity index is 2.13. The highest BCUT2D eigenvalue weighted by Gasteiger charge is 2.18. The van der Waals surface area contributed by atoms with Gasteiger partial charge in [0.1, 0.15) is 0 Å². The van der Waals surface area contributed by atoms with E-state index >= 15 is 0 Å². The van der Waals surface area contributed by atoms with Gasteiger partial charge in [0.15, 0.2) is 0 Å². The number of hydrogen-bond acceptors (Lipinski definition) is 4. The molecule has 0 atom stereocenters. The number of aliphatic hydroxyl groups is 1. The normalized spacial score (nSPS) is 34.2. The van der Waals surface area contributed by atoms with Crippen LogP contribution in [0.5, 0.6) is 0 Å². The summed E-state index contributed by atoms with van der Waals surface area (Å²) in [5, 5.41) is 9.14. The first-order chi connectivity index (χ1) is 4.83.